The minimum Gasteiger partial charge on any atom is -0.378 e. The molecule has 1 fully saturated rings. The van der Waals surface area contributed by atoms with E-state index in [0.29, 0.717) is 19.8 Å². The van der Waals surface area contributed by atoms with Crippen molar-refractivity contribution in [2.24, 2.45) is 0 Å². The summed E-state index contributed by atoms with van der Waals surface area (Å²) in [5, 5.41) is 7.05. The summed E-state index contributed by atoms with van der Waals surface area (Å²) in [4.78, 5) is 7.11. The summed E-state index contributed by atoms with van der Waals surface area (Å²) in [5.41, 5.74) is 2.77. The Bertz CT molecular complexity index is 913. The van der Waals surface area contributed by atoms with Crippen LogP contribution in [0, 0.1) is 0 Å². The smallest absolute Gasteiger partial charge is 0.265 e. The van der Waals surface area contributed by atoms with Gasteiger partial charge in [-0.1, -0.05) is 11.6 Å². The number of aryl methyl sites for hydroxylation is 1. The number of aromatic nitrogens is 2. The number of nitrogens with zero attached hydrogens (tertiary/aromatic N) is 3. The Morgan fingerprint density at radius 2 is 2.14 bits per heavy atom. The van der Waals surface area contributed by atoms with Gasteiger partial charge in [-0.2, -0.15) is 0 Å². The molecule has 29 heavy (non-hydrogen) atoms. The molecular weight excluding hydrogens is 400 g/mol. The summed E-state index contributed by atoms with van der Waals surface area (Å²) in [7, 11) is 0. The molecule has 3 aliphatic heterocycles. The lowest BCUT2D eigenvalue weighted by Crippen LogP contribution is -2.38. The van der Waals surface area contributed by atoms with Gasteiger partial charge in [-0.15, -0.1) is 0 Å². The van der Waals surface area contributed by atoms with Gasteiger partial charge in [-0.25, -0.2) is 13.8 Å². The first kappa shape index (κ1) is 19.2. The van der Waals surface area contributed by atoms with E-state index in [9.17, 15) is 8.78 Å². The summed E-state index contributed by atoms with van der Waals surface area (Å²) in [6, 6.07) is 3.29. The molecule has 0 saturated carbocycles. The second kappa shape index (κ2) is 7.83. The van der Waals surface area contributed by atoms with Crippen LogP contribution in [0.2, 0.25) is 5.02 Å². The van der Waals surface area contributed by atoms with Crippen LogP contribution in [0.15, 0.2) is 12.1 Å². The Labute approximate surface area is 173 Å². The zero-order chi connectivity index (χ0) is 20.0. The molecule has 5 rings (SSSR count). The zero-order valence-corrected chi connectivity index (χ0v) is 16.8. The van der Waals surface area contributed by atoms with Gasteiger partial charge >= 0.3 is 0 Å². The van der Waals surface area contributed by atoms with Crippen molar-refractivity contribution < 1.29 is 13.5 Å². The summed E-state index contributed by atoms with van der Waals surface area (Å²) in [6.07, 6.45) is -0.848. The summed E-state index contributed by atoms with van der Waals surface area (Å²) >= 11 is 6.12. The fourth-order valence-electron chi connectivity index (χ4n) is 4.53. The number of ether oxygens (including phenoxy) is 1. The van der Waals surface area contributed by atoms with E-state index >= 15 is 0 Å². The van der Waals surface area contributed by atoms with E-state index in [-0.39, 0.29) is 16.6 Å². The van der Waals surface area contributed by atoms with Gasteiger partial charge in [0.15, 0.2) is 5.82 Å². The monoisotopic (exact) mass is 423 g/mol. The van der Waals surface area contributed by atoms with E-state index < -0.39 is 6.43 Å². The van der Waals surface area contributed by atoms with Crippen LogP contribution in [-0.2, 0) is 24.2 Å². The molecule has 156 valence electrons. The number of morpholine rings is 1. The van der Waals surface area contributed by atoms with E-state index in [1.54, 1.807) is 12.1 Å². The molecule has 1 atom stereocenters. The van der Waals surface area contributed by atoms with Gasteiger partial charge in [-0.3, -0.25) is 0 Å². The molecule has 0 radical (unpaired) electrons. The lowest BCUT2D eigenvalue weighted by atomic mass is 9.99. The Morgan fingerprint density at radius 3 is 2.93 bits per heavy atom. The molecular formula is C20H24ClF2N5O. The molecule has 4 heterocycles. The summed E-state index contributed by atoms with van der Waals surface area (Å²) in [5.74, 6) is 1.81. The zero-order valence-electron chi connectivity index (χ0n) is 16.1. The third-order valence-electron chi connectivity index (χ3n) is 5.93. The second-order valence-corrected chi connectivity index (χ2v) is 8.12. The third-order valence-corrected chi connectivity index (χ3v) is 6.25. The number of benzene rings is 1. The Hall–Kier alpha value is -1.74. The van der Waals surface area contributed by atoms with Crippen molar-refractivity contribution in [1.82, 2.24) is 20.2 Å². The normalized spacial score (nSPS) is 21.9. The van der Waals surface area contributed by atoms with Crippen molar-refractivity contribution in [3.8, 4) is 0 Å². The van der Waals surface area contributed by atoms with Crippen LogP contribution in [0.25, 0.3) is 0 Å². The quantitative estimate of drug-likeness (QED) is 0.793. The highest BCUT2D eigenvalue weighted by molar-refractivity contribution is 6.31. The molecule has 3 aliphatic rings. The molecule has 9 heteroatoms. The summed E-state index contributed by atoms with van der Waals surface area (Å²) in [6.45, 7) is 5.25. The van der Waals surface area contributed by atoms with Crippen LogP contribution in [0.5, 0.6) is 0 Å². The van der Waals surface area contributed by atoms with Gasteiger partial charge in [0.05, 0.1) is 24.9 Å². The van der Waals surface area contributed by atoms with Crippen molar-refractivity contribution in [3.63, 3.8) is 0 Å². The average molecular weight is 424 g/mol. The van der Waals surface area contributed by atoms with E-state index in [2.05, 4.69) is 20.1 Å². The van der Waals surface area contributed by atoms with Crippen LogP contribution in [0.3, 0.4) is 0 Å². The first-order chi connectivity index (χ1) is 14.1. The molecule has 0 spiro atoms. The highest BCUT2D eigenvalue weighted by Gasteiger charge is 2.31. The predicted molar refractivity (Wildman–Crippen MR) is 107 cm³/mol. The topological polar surface area (TPSA) is 54.4 Å². The number of hydrogen-bond acceptors (Lipinski definition) is 5. The van der Waals surface area contributed by atoms with Crippen molar-refractivity contribution >= 4 is 23.1 Å². The van der Waals surface area contributed by atoms with Gasteiger partial charge in [0.25, 0.3) is 6.43 Å². The first-order valence-electron chi connectivity index (χ1n) is 10.1. The fraction of sp³-hybridized carbons (Fsp3) is 0.550. The maximum Gasteiger partial charge on any atom is 0.265 e. The molecule has 1 saturated heterocycles. The molecule has 1 unspecified atom stereocenters. The maximum absolute atomic E-state index is 13.5. The lowest BCUT2D eigenvalue weighted by molar-refractivity contribution is 0.0728. The Kier molecular flexibility index (Phi) is 5.19. The molecule has 1 aromatic heterocycles. The van der Waals surface area contributed by atoms with E-state index in [4.69, 9.17) is 21.3 Å². The van der Waals surface area contributed by atoms with Crippen LogP contribution in [0.1, 0.15) is 41.5 Å². The predicted octanol–water partition coefficient (Wildman–Crippen LogP) is 3.32. The number of halogens is 3. The Balaban J connectivity index is 1.60. The largest absolute Gasteiger partial charge is 0.378 e. The van der Waals surface area contributed by atoms with Crippen LogP contribution < -0.4 is 15.5 Å². The van der Waals surface area contributed by atoms with E-state index in [0.717, 1.165) is 67.6 Å². The average Bonchev–Trinajstić information content (AvgIpc) is 3.13. The molecule has 2 N–H and O–H groups in total. The number of rotatable bonds is 3. The molecule has 6 nitrogen and oxygen atoms in total. The first-order valence-corrected chi connectivity index (χ1v) is 10.5. The van der Waals surface area contributed by atoms with Gasteiger partial charge in [0, 0.05) is 49.0 Å². The van der Waals surface area contributed by atoms with Crippen molar-refractivity contribution in [1.29, 1.82) is 0 Å². The molecule has 2 aromatic rings. The highest BCUT2D eigenvalue weighted by atomic mass is 35.5. The number of nitrogens with one attached hydrogen (secondary N) is 2. The van der Waals surface area contributed by atoms with Crippen LogP contribution in [-0.4, -0.2) is 42.4 Å². The van der Waals surface area contributed by atoms with Gasteiger partial charge in [0.2, 0.25) is 0 Å². The highest BCUT2D eigenvalue weighted by Crippen LogP contribution is 2.41. The van der Waals surface area contributed by atoms with Crippen LogP contribution in [0.4, 0.5) is 20.3 Å². The lowest BCUT2D eigenvalue weighted by Gasteiger charge is -2.32. The van der Waals surface area contributed by atoms with Gasteiger partial charge in [-0.05, 0) is 30.5 Å². The molecule has 0 amide bonds. The number of fused-ring (bicyclic) bond motifs is 2. The van der Waals surface area contributed by atoms with Crippen molar-refractivity contribution in [3.05, 3.63) is 39.8 Å². The number of alkyl halides is 2. The Morgan fingerprint density at radius 1 is 1.24 bits per heavy atom. The number of anilines is 2. The van der Waals surface area contributed by atoms with Crippen molar-refractivity contribution in [2.75, 3.05) is 37.7 Å². The SMILES string of the molecule is FC(F)c1cc2c(cc1Cl)CCCN2c1nc(C2COCCN2)n2c1CNCC2. The molecule has 0 aliphatic carbocycles. The fourth-order valence-corrected chi connectivity index (χ4v) is 4.80. The van der Waals surface area contributed by atoms with E-state index in [1.807, 2.05) is 0 Å². The molecule has 0 bridgehead atoms. The molecule has 1 aromatic carbocycles. The summed E-state index contributed by atoms with van der Waals surface area (Å²) < 4.78 is 34.9. The number of imidazole rings is 1. The van der Waals surface area contributed by atoms with Crippen LogP contribution >= 0.6 is 11.6 Å². The van der Waals surface area contributed by atoms with E-state index in [1.165, 1.54) is 0 Å². The second-order valence-electron chi connectivity index (χ2n) is 7.71. The minimum absolute atomic E-state index is 0.0421. The van der Waals surface area contributed by atoms with Gasteiger partial charge in [0.1, 0.15) is 5.82 Å². The standard InChI is InChI=1S/C20H24ClF2N5O/c21-14-8-12-2-1-5-27(16(12)9-13(14)18(22)23)20-17-10-24-3-6-28(17)19(26-20)15-11-29-7-4-25-15/h8-9,15,18,24-25H,1-7,10-11H2. The van der Waals surface area contributed by atoms with Crippen molar-refractivity contribution in [2.45, 2.75) is 38.4 Å². The third kappa shape index (κ3) is 3.42. The van der Waals surface area contributed by atoms with Gasteiger partial charge < -0.3 is 24.8 Å². The number of hydrogen-bond donors (Lipinski definition) is 2. The minimum atomic E-state index is -2.60. The maximum atomic E-state index is 13.5.